The molecule has 28 heteroatoms. The van der Waals surface area contributed by atoms with Crippen LogP contribution in [0, 0.1) is 6.92 Å². The Labute approximate surface area is 382 Å². The summed E-state index contributed by atoms with van der Waals surface area (Å²) in [5, 5.41) is 29.2. The van der Waals surface area contributed by atoms with E-state index in [0.717, 1.165) is 36.4 Å². The second-order valence-corrected chi connectivity index (χ2v) is 14.9. The third-order valence-electron chi connectivity index (χ3n) is 6.24. The van der Waals surface area contributed by atoms with Gasteiger partial charge in [0.25, 0.3) is 10.1 Å². The zero-order chi connectivity index (χ0) is 36.8. The van der Waals surface area contributed by atoms with Gasteiger partial charge in [-0.25, -0.2) is 21.5 Å². The summed E-state index contributed by atoms with van der Waals surface area (Å²) in [6, 6.07) is 9.57. The molecule has 0 bridgehead atoms. The monoisotopic (exact) mass is 871 g/mol. The van der Waals surface area contributed by atoms with Gasteiger partial charge in [-0.1, -0.05) is 23.2 Å². The first-order valence-electron chi connectivity index (χ1n) is 13.0. The number of nitrogens with zero attached hydrogens (tertiary/aromatic N) is 7. The fraction of sp³-hybridized carbons (Fsp3) is 0.0400. The number of hydrogen-bond donors (Lipinski definition) is 3. The molecule has 2 heterocycles. The molecule has 262 valence electrons. The largest absolute Gasteiger partial charge is 1.00 e. The van der Waals surface area contributed by atoms with Crippen LogP contribution in [0.1, 0.15) is 5.69 Å². The standard InChI is InChI=1S/C25H18Cl3N9O10S3.3Na/c1-11-21(22(38)37(36-11)18-9-16(27)20(10-15(18)26)50(45,46)47)35-34-17-8-13(4-7-19(17)49(42,43)44)30-25-32-23(28)31-24(33-25)29-12-2-5-14(6-3-12)48(39,40)41;;;/h2-10,38H,1H3,(H,39,40,41)(H,42,43,44)(H,45,46,47)(H2,29,30,31,32,33);;;/q;3*+1/p-3. The van der Waals surface area contributed by atoms with E-state index >= 15 is 0 Å². The summed E-state index contributed by atoms with van der Waals surface area (Å²) in [6.07, 6.45) is 0. The van der Waals surface area contributed by atoms with E-state index in [1.807, 2.05) is 0 Å². The maximum absolute atomic E-state index is 13.2. The zero-order valence-corrected chi connectivity index (χ0v) is 38.0. The summed E-state index contributed by atoms with van der Waals surface area (Å²) in [5.41, 5.74) is -0.860. The molecule has 0 fully saturated rings. The first-order valence-corrected chi connectivity index (χ1v) is 18.4. The van der Waals surface area contributed by atoms with Gasteiger partial charge in [-0.2, -0.15) is 28.5 Å². The molecule has 3 N–H and O–H groups in total. The van der Waals surface area contributed by atoms with Gasteiger partial charge in [0, 0.05) is 17.3 Å². The number of anilines is 4. The molecule has 0 atom stereocenters. The Balaban J connectivity index is 0.00000324. The number of halogens is 3. The quantitative estimate of drug-likeness (QED) is 0.0676. The molecule has 0 spiro atoms. The van der Waals surface area contributed by atoms with Crippen LogP contribution in [0.5, 0.6) is 5.88 Å². The summed E-state index contributed by atoms with van der Waals surface area (Å²) in [5.74, 6) is -1.27. The molecule has 5 rings (SSSR count). The molecule has 53 heavy (non-hydrogen) atoms. The second kappa shape index (κ2) is 18.6. The van der Waals surface area contributed by atoms with E-state index in [0.29, 0.717) is 4.68 Å². The van der Waals surface area contributed by atoms with Crippen molar-refractivity contribution in [2.45, 2.75) is 21.6 Å². The average Bonchev–Trinajstić information content (AvgIpc) is 3.27. The van der Waals surface area contributed by atoms with Crippen LogP contribution in [0.4, 0.5) is 34.6 Å². The van der Waals surface area contributed by atoms with Gasteiger partial charge in [-0.3, -0.25) is 4.55 Å². The molecule has 0 unspecified atom stereocenters. The number of aryl methyl sites for hydroxylation is 1. The van der Waals surface area contributed by atoms with Crippen molar-refractivity contribution < 1.29 is 133 Å². The van der Waals surface area contributed by atoms with Gasteiger partial charge in [0.05, 0.1) is 31.2 Å². The average molecular weight is 873 g/mol. The first kappa shape index (κ1) is 47.6. The summed E-state index contributed by atoms with van der Waals surface area (Å²) >= 11 is 18.1. The Morgan fingerprint density at radius 3 is 1.85 bits per heavy atom. The van der Waals surface area contributed by atoms with Crippen molar-refractivity contribution in [3.05, 3.63) is 75.6 Å². The molecule has 0 aliphatic carbocycles. The normalized spacial score (nSPS) is 11.7. The van der Waals surface area contributed by atoms with Gasteiger partial charge < -0.3 is 24.8 Å². The van der Waals surface area contributed by atoms with Crippen molar-refractivity contribution >= 4 is 99.8 Å². The topological polar surface area (TPSA) is 297 Å². The summed E-state index contributed by atoms with van der Waals surface area (Å²) in [7, 11) is -14.6. The Kier molecular flexibility index (Phi) is 16.7. The van der Waals surface area contributed by atoms with Crippen LogP contribution >= 0.6 is 34.8 Å². The fourth-order valence-electron chi connectivity index (χ4n) is 4.07. The van der Waals surface area contributed by atoms with Crippen molar-refractivity contribution in [3.63, 3.8) is 0 Å². The van der Waals surface area contributed by atoms with Gasteiger partial charge in [0.2, 0.25) is 17.2 Å². The molecule has 5 aromatic rings. The van der Waals surface area contributed by atoms with Gasteiger partial charge in [0.15, 0.2) is 0 Å². The van der Waals surface area contributed by atoms with E-state index in [2.05, 4.69) is 40.9 Å². The van der Waals surface area contributed by atoms with Crippen LogP contribution in [0.25, 0.3) is 5.69 Å². The molecular weight excluding hydrogens is 858 g/mol. The maximum atomic E-state index is 13.2. The SMILES string of the molecule is Cc1nn(-c2cc(Cl)c(S(=O)(=O)O)cc2Cl)c([O-])c1N=Nc1cc(Nc2nc(Cl)nc(Nc3ccc(S(=O)(=O)[O-])cc3)n2)ccc1S(=O)(=O)[O-].[Na+].[Na+].[Na+]. The van der Waals surface area contributed by atoms with Crippen molar-refractivity contribution in [2.24, 2.45) is 10.2 Å². The van der Waals surface area contributed by atoms with Crippen molar-refractivity contribution in [1.29, 1.82) is 0 Å². The minimum atomic E-state index is -5.13. The van der Waals surface area contributed by atoms with Crippen LogP contribution in [0.15, 0.2) is 79.5 Å². The molecule has 0 saturated heterocycles. The molecule has 0 aliphatic rings. The smallest absolute Gasteiger partial charge is 0.857 e. The molecule has 3 aromatic carbocycles. The van der Waals surface area contributed by atoms with Crippen LogP contribution in [0.3, 0.4) is 0 Å². The zero-order valence-electron chi connectivity index (χ0n) is 27.3. The van der Waals surface area contributed by atoms with Crippen molar-refractivity contribution in [1.82, 2.24) is 24.7 Å². The second-order valence-electron chi connectivity index (χ2n) is 9.68. The van der Waals surface area contributed by atoms with Gasteiger partial charge in [-0.15, -0.1) is 10.2 Å². The summed E-state index contributed by atoms with van der Waals surface area (Å²) < 4.78 is 103. The molecule has 0 saturated carbocycles. The molecular formula is C25H15Cl3N9Na3O10S3. The number of azo groups is 1. The Morgan fingerprint density at radius 2 is 1.30 bits per heavy atom. The third kappa shape index (κ3) is 11.8. The Hall–Kier alpha value is -1.52. The van der Waals surface area contributed by atoms with Crippen LogP contribution in [0.2, 0.25) is 15.3 Å². The van der Waals surface area contributed by atoms with Gasteiger partial charge in [0.1, 0.15) is 36.5 Å². The van der Waals surface area contributed by atoms with E-state index in [-0.39, 0.29) is 134 Å². The number of rotatable bonds is 10. The van der Waals surface area contributed by atoms with E-state index in [1.165, 1.54) is 25.1 Å². The maximum Gasteiger partial charge on any atom is 1.00 e. The number of benzene rings is 3. The molecule has 0 aliphatic heterocycles. The number of aromatic nitrogens is 5. The minimum absolute atomic E-state index is 0. The van der Waals surface area contributed by atoms with E-state index < -0.39 is 67.3 Å². The number of hydrogen-bond acceptors (Lipinski definition) is 17. The van der Waals surface area contributed by atoms with Crippen molar-refractivity contribution in [2.75, 3.05) is 10.6 Å². The predicted octanol–water partition coefficient (Wildman–Crippen LogP) is -4.63. The Morgan fingerprint density at radius 1 is 0.736 bits per heavy atom. The fourth-order valence-corrected chi connectivity index (χ4v) is 6.62. The molecule has 19 nitrogen and oxygen atoms in total. The molecule has 0 radical (unpaired) electrons. The van der Waals surface area contributed by atoms with E-state index in [1.54, 1.807) is 0 Å². The molecule has 2 aromatic heterocycles. The Bertz CT molecular complexity index is 2550. The van der Waals surface area contributed by atoms with Crippen LogP contribution < -0.4 is 104 Å². The molecule has 0 amide bonds. The van der Waals surface area contributed by atoms with E-state index in [9.17, 15) is 44.0 Å². The first-order chi connectivity index (χ1) is 23.2. The van der Waals surface area contributed by atoms with Gasteiger partial charge >= 0.3 is 88.7 Å². The van der Waals surface area contributed by atoms with Crippen molar-refractivity contribution in [3.8, 4) is 11.6 Å². The van der Waals surface area contributed by atoms with Crippen LogP contribution in [-0.2, 0) is 30.4 Å². The third-order valence-corrected chi connectivity index (χ3v) is 9.77. The van der Waals surface area contributed by atoms with Crippen LogP contribution in [-0.4, -0.2) is 63.6 Å². The summed E-state index contributed by atoms with van der Waals surface area (Å²) in [4.78, 5) is 9.93. The summed E-state index contributed by atoms with van der Waals surface area (Å²) in [6.45, 7) is 1.34. The number of nitrogens with one attached hydrogen (secondary N) is 2. The minimum Gasteiger partial charge on any atom is -0.857 e. The van der Waals surface area contributed by atoms with E-state index in [4.69, 9.17) is 34.8 Å². The van der Waals surface area contributed by atoms with Gasteiger partial charge in [-0.05, 0) is 73.1 Å². The predicted molar refractivity (Wildman–Crippen MR) is 172 cm³/mol.